The van der Waals surface area contributed by atoms with Gasteiger partial charge in [0.2, 0.25) is 0 Å². The van der Waals surface area contributed by atoms with Crippen molar-refractivity contribution in [3.63, 3.8) is 0 Å². The van der Waals surface area contributed by atoms with Gasteiger partial charge in [0, 0.05) is 6.42 Å². The summed E-state index contributed by atoms with van der Waals surface area (Å²) in [5, 5.41) is 8.48. The summed E-state index contributed by atoms with van der Waals surface area (Å²) in [5.41, 5.74) is -1.44. The summed E-state index contributed by atoms with van der Waals surface area (Å²) in [7, 11) is 0. The van der Waals surface area contributed by atoms with Crippen molar-refractivity contribution in [3.8, 4) is 0 Å². The molecule has 1 atom stereocenters. The van der Waals surface area contributed by atoms with E-state index in [1.807, 2.05) is 13.0 Å². The van der Waals surface area contributed by atoms with Gasteiger partial charge in [0.15, 0.2) is 0 Å². The van der Waals surface area contributed by atoms with E-state index in [-0.39, 0.29) is 0 Å². The highest BCUT2D eigenvalue weighted by Crippen LogP contribution is 2.14. The van der Waals surface area contributed by atoms with Gasteiger partial charge in [-0.15, -0.1) is 0 Å². The van der Waals surface area contributed by atoms with Crippen LogP contribution in [0, 0.1) is 0 Å². The van der Waals surface area contributed by atoms with Crippen LogP contribution < -0.4 is 0 Å². The van der Waals surface area contributed by atoms with Crippen LogP contribution in [-0.2, 0) is 0 Å². The van der Waals surface area contributed by atoms with Gasteiger partial charge in [-0.1, -0.05) is 19.1 Å². The Bertz CT molecular complexity index is 108. The highest BCUT2D eigenvalue weighted by Gasteiger charge is 2.18. The van der Waals surface area contributed by atoms with E-state index in [1.54, 1.807) is 6.08 Å². The molecule has 0 aromatic rings. The van der Waals surface area contributed by atoms with Crippen LogP contribution in [0.1, 0.15) is 26.7 Å². The summed E-state index contributed by atoms with van der Waals surface area (Å²) in [6, 6.07) is 0. The van der Waals surface area contributed by atoms with Crippen molar-refractivity contribution in [1.29, 1.82) is 0 Å². The average molecular weight is 146 g/mol. The SMILES string of the molecule is CC/C=C/C[C@@](C)(F)CO. The predicted molar refractivity (Wildman–Crippen MR) is 40.6 cm³/mol. The second kappa shape index (κ2) is 4.45. The summed E-state index contributed by atoms with van der Waals surface area (Å²) >= 11 is 0. The predicted octanol–water partition coefficient (Wildman–Crippen LogP) is 2.06. The largest absolute Gasteiger partial charge is 0.393 e. The number of halogens is 1. The zero-order valence-electron chi connectivity index (χ0n) is 6.60. The van der Waals surface area contributed by atoms with Crippen LogP contribution in [0.2, 0.25) is 0 Å². The van der Waals surface area contributed by atoms with Crippen molar-refractivity contribution in [2.75, 3.05) is 6.61 Å². The molecule has 0 aromatic heterocycles. The Hall–Kier alpha value is -0.370. The third-order valence-electron chi connectivity index (χ3n) is 1.28. The van der Waals surface area contributed by atoms with E-state index < -0.39 is 12.3 Å². The highest BCUT2D eigenvalue weighted by atomic mass is 19.1. The summed E-state index contributed by atoms with van der Waals surface area (Å²) in [4.78, 5) is 0. The third-order valence-corrected chi connectivity index (χ3v) is 1.28. The topological polar surface area (TPSA) is 20.2 Å². The van der Waals surface area contributed by atoms with Gasteiger partial charge in [0.1, 0.15) is 5.67 Å². The second-order valence-electron chi connectivity index (χ2n) is 2.66. The average Bonchev–Trinajstić information content (AvgIpc) is 1.89. The summed E-state index contributed by atoms with van der Waals surface area (Å²) < 4.78 is 12.8. The highest BCUT2D eigenvalue weighted by molar-refractivity contribution is 4.88. The first kappa shape index (κ1) is 9.63. The lowest BCUT2D eigenvalue weighted by Gasteiger charge is -2.13. The fraction of sp³-hybridized carbons (Fsp3) is 0.750. The van der Waals surface area contributed by atoms with E-state index in [2.05, 4.69) is 0 Å². The van der Waals surface area contributed by atoms with Crippen LogP contribution in [0.4, 0.5) is 4.39 Å². The molecule has 1 nitrogen and oxygen atoms in total. The molecule has 0 saturated carbocycles. The van der Waals surface area contributed by atoms with Crippen molar-refractivity contribution in [1.82, 2.24) is 0 Å². The van der Waals surface area contributed by atoms with Gasteiger partial charge in [-0.2, -0.15) is 0 Å². The number of aliphatic hydroxyl groups excluding tert-OH is 1. The molecule has 0 bridgehead atoms. The zero-order chi connectivity index (χ0) is 8.04. The molecule has 60 valence electrons. The van der Waals surface area contributed by atoms with Gasteiger partial charge in [-0.05, 0) is 13.3 Å². The van der Waals surface area contributed by atoms with Gasteiger partial charge in [0.05, 0.1) is 6.61 Å². The van der Waals surface area contributed by atoms with Crippen LogP contribution in [-0.4, -0.2) is 17.4 Å². The molecule has 2 heteroatoms. The number of rotatable bonds is 4. The molecular formula is C8H15FO. The monoisotopic (exact) mass is 146 g/mol. The Kier molecular flexibility index (Phi) is 4.28. The van der Waals surface area contributed by atoms with Crippen LogP contribution in [0.25, 0.3) is 0 Å². The van der Waals surface area contributed by atoms with Crippen LogP contribution in [0.15, 0.2) is 12.2 Å². The maximum Gasteiger partial charge on any atom is 0.134 e. The standard InChI is InChI=1S/C8H15FO/c1-3-4-5-6-8(2,9)7-10/h4-5,10H,3,6-7H2,1-2H3/b5-4+/t8-/m1/s1. The molecule has 10 heavy (non-hydrogen) atoms. The zero-order valence-corrected chi connectivity index (χ0v) is 6.60. The number of allylic oxidation sites excluding steroid dienone is 2. The van der Waals surface area contributed by atoms with Crippen LogP contribution >= 0.6 is 0 Å². The molecule has 0 radical (unpaired) electrons. The van der Waals surface area contributed by atoms with Crippen molar-refractivity contribution in [2.45, 2.75) is 32.4 Å². The van der Waals surface area contributed by atoms with Crippen molar-refractivity contribution < 1.29 is 9.50 Å². The number of aliphatic hydroxyl groups is 1. The van der Waals surface area contributed by atoms with Gasteiger partial charge in [-0.3, -0.25) is 0 Å². The minimum absolute atomic E-state index is 0.303. The first-order valence-electron chi connectivity index (χ1n) is 3.57. The van der Waals surface area contributed by atoms with Gasteiger partial charge in [0.25, 0.3) is 0 Å². The van der Waals surface area contributed by atoms with Crippen molar-refractivity contribution >= 4 is 0 Å². The summed E-state index contributed by atoms with van der Waals surface area (Å²) in [6.07, 6.45) is 4.88. The maximum atomic E-state index is 12.8. The molecule has 0 aromatic carbocycles. The van der Waals surface area contributed by atoms with E-state index in [4.69, 9.17) is 5.11 Å². The molecule has 0 rings (SSSR count). The molecule has 0 aliphatic heterocycles. The molecule has 0 unspecified atom stereocenters. The Morgan fingerprint density at radius 2 is 2.10 bits per heavy atom. The number of alkyl halides is 1. The van der Waals surface area contributed by atoms with Crippen molar-refractivity contribution in [2.24, 2.45) is 0 Å². The molecule has 0 aliphatic carbocycles. The van der Waals surface area contributed by atoms with Crippen LogP contribution in [0.3, 0.4) is 0 Å². The molecule has 1 N–H and O–H groups in total. The quantitative estimate of drug-likeness (QED) is 0.602. The summed E-state index contributed by atoms with van der Waals surface area (Å²) in [5.74, 6) is 0. The van der Waals surface area contributed by atoms with E-state index in [1.165, 1.54) is 6.92 Å². The maximum absolute atomic E-state index is 12.8. The lowest BCUT2D eigenvalue weighted by molar-refractivity contribution is 0.0908. The molecule has 0 fully saturated rings. The van der Waals surface area contributed by atoms with E-state index in [0.29, 0.717) is 6.42 Å². The molecule has 0 heterocycles. The molecule has 0 saturated heterocycles. The van der Waals surface area contributed by atoms with E-state index in [0.717, 1.165) is 6.42 Å². The van der Waals surface area contributed by atoms with Crippen LogP contribution in [0.5, 0.6) is 0 Å². The molecular weight excluding hydrogens is 131 g/mol. The first-order valence-corrected chi connectivity index (χ1v) is 3.57. The van der Waals surface area contributed by atoms with Crippen molar-refractivity contribution in [3.05, 3.63) is 12.2 Å². The first-order chi connectivity index (χ1) is 4.62. The normalized spacial score (nSPS) is 17.6. The van der Waals surface area contributed by atoms with E-state index in [9.17, 15) is 4.39 Å². The molecule has 0 spiro atoms. The van der Waals surface area contributed by atoms with E-state index >= 15 is 0 Å². The Morgan fingerprint density at radius 1 is 1.50 bits per heavy atom. The minimum Gasteiger partial charge on any atom is -0.393 e. The molecule has 0 amide bonds. The fourth-order valence-electron chi connectivity index (χ4n) is 0.560. The third kappa shape index (κ3) is 4.50. The lowest BCUT2D eigenvalue weighted by Crippen LogP contribution is -2.21. The van der Waals surface area contributed by atoms with Gasteiger partial charge < -0.3 is 5.11 Å². The number of hydrogen-bond donors (Lipinski definition) is 1. The Labute approximate surface area is 61.6 Å². The second-order valence-corrected chi connectivity index (χ2v) is 2.66. The molecule has 0 aliphatic rings. The number of hydrogen-bond acceptors (Lipinski definition) is 1. The minimum atomic E-state index is -1.44. The Balaban J connectivity index is 3.56. The lowest BCUT2D eigenvalue weighted by atomic mass is 10.1. The Morgan fingerprint density at radius 3 is 2.50 bits per heavy atom. The summed E-state index contributed by atoms with van der Waals surface area (Å²) in [6.45, 7) is 2.99. The fourth-order valence-corrected chi connectivity index (χ4v) is 0.560. The smallest absolute Gasteiger partial charge is 0.134 e. The van der Waals surface area contributed by atoms with Gasteiger partial charge in [-0.25, -0.2) is 4.39 Å². The van der Waals surface area contributed by atoms with Gasteiger partial charge >= 0.3 is 0 Å².